The van der Waals surface area contributed by atoms with Gasteiger partial charge >= 0.3 is 0 Å². The zero-order valence-electron chi connectivity index (χ0n) is 12.4. The molecular weight excluding hydrogens is 333 g/mol. The van der Waals surface area contributed by atoms with Crippen LogP contribution in [0.3, 0.4) is 0 Å². The van der Waals surface area contributed by atoms with E-state index in [1.54, 1.807) is 18.2 Å². The summed E-state index contributed by atoms with van der Waals surface area (Å²) in [6, 6.07) is 14.6. The molecule has 1 heterocycles. The van der Waals surface area contributed by atoms with Gasteiger partial charge in [0.1, 0.15) is 11.5 Å². The van der Waals surface area contributed by atoms with Gasteiger partial charge in [-0.25, -0.2) is 4.39 Å². The molecule has 0 spiro atoms. The molecule has 2 N–H and O–H groups in total. The van der Waals surface area contributed by atoms with Crippen molar-refractivity contribution >= 4 is 17.4 Å². The van der Waals surface area contributed by atoms with Crippen LogP contribution in [0.25, 0.3) is 11.3 Å². The third kappa shape index (κ3) is 3.91. The number of hydrogen-bond acceptors (Lipinski definition) is 4. The van der Waals surface area contributed by atoms with Crippen LogP contribution in [0.15, 0.2) is 64.3 Å². The molecule has 0 fully saturated rings. The molecular formula is C17H13ClFN3O2. The number of halogens is 2. The van der Waals surface area contributed by atoms with E-state index in [4.69, 9.17) is 26.7 Å². The molecule has 2 aromatic carbocycles. The van der Waals surface area contributed by atoms with Crippen LogP contribution in [0.5, 0.6) is 0 Å². The second-order valence-electron chi connectivity index (χ2n) is 4.94. The first-order chi connectivity index (χ1) is 11.6. The number of amidine groups is 1. The summed E-state index contributed by atoms with van der Waals surface area (Å²) >= 11 is 5.85. The first-order valence-corrected chi connectivity index (χ1v) is 7.42. The van der Waals surface area contributed by atoms with Gasteiger partial charge in [-0.05, 0) is 36.4 Å². The van der Waals surface area contributed by atoms with Gasteiger partial charge in [0.05, 0.1) is 0 Å². The largest absolute Gasteiger partial charge is 0.386 e. The summed E-state index contributed by atoms with van der Waals surface area (Å²) in [7, 11) is 0. The van der Waals surface area contributed by atoms with Crippen LogP contribution in [0.1, 0.15) is 11.3 Å². The van der Waals surface area contributed by atoms with Gasteiger partial charge in [-0.3, -0.25) is 0 Å². The quantitative estimate of drug-likeness (QED) is 0.431. The van der Waals surface area contributed by atoms with Gasteiger partial charge in [0.15, 0.2) is 18.2 Å². The zero-order valence-corrected chi connectivity index (χ0v) is 13.2. The Morgan fingerprint density at radius 3 is 2.58 bits per heavy atom. The molecule has 0 saturated heterocycles. The van der Waals surface area contributed by atoms with E-state index in [9.17, 15) is 4.39 Å². The maximum absolute atomic E-state index is 12.8. The Balaban J connectivity index is 1.62. The molecule has 0 aliphatic rings. The minimum atomic E-state index is -0.344. The first-order valence-electron chi connectivity index (χ1n) is 7.05. The lowest BCUT2D eigenvalue weighted by Gasteiger charge is -2.00. The van der Waals surface area contributed by atoms with Crippen LogP contribution in [0.2, 0.25) is 5.02 Å². The second kappa shape index (κ2) is 7.14. The van der Waals surface area contributed by atoms with Crippen molar-refractivity contribution in [3.63, 3.8) is 0 Å². The Hall–Kier alpha value is -2.86. The fourth-order valence-corrected chi connectivity index (χ4v) is 2.10. The van der Waals surface area contributed by atoms with Gasteiger partial charge in [-0.15, -0.1) is 0 Å². The van der Waals surface area contributed by atoms with Gasteiger partial charge in [0, 0.05) is 22.2 Å². The van der Waals surface area contributed by atoms with E-state index in [-0.39, 0.29) is 18.3 Å². The van der Waals surface area contributed by atoms with Crippen molar-refractivity contribution in [2.24, 2.45) is 10.9 Å². The van der Waals surface area contributed by atoms with Crippen LogP contribution in [0.4, 0.5) is 4.39 Å². The molecule has 3 aromatic rings. The molecule has 0 saturated carbocycles. The standard InChI is InChI=1S/C17H13ClFN3O2/c18-13-5-1-11(2-6-13)16-9-15(24-21-16)10-23-22-17(20)12-3-7-14(19)8-4-12/h1-9H,10H2,(H2,20,22). The van der Waals surface area contributed by atoms with Gasteiger partial charge in [-0.2, -0.15) is 0 Å². The minimum Gasteiger partial charge on any atom is -0.386 e. The maximum Gasteiger partial charge on any atom is 0.177 e. The second-order valence-corrected chi connectivity index (χ2v) is 5.38. The normalized spacial score (nSPS) is 11.5. The highest BCUT2D eigenvalue weighted by molar-refractivity contribution is 6.30. The Morgan fingerprint density at radius 2 is 1.88 bits per heavy atom. The van der Waals surface area contributed by atoms with Crippen molar-refractivity contribution in [1.29, 1.82) is 0 Å². The molecule has 122 valence electrons. The minimum absolute atomic E-state index is 0.0719. The highest BCUT2D eigenvalue weighted by atomic mass is 35.5. The van der Waals surface area contributed by atoms with Crippen LogP contribution in [0, 0.1) is 5.82 Å². The molecule has 0 bridgehead atoms. The number of benzene rings is 2. The van der Waals surface area contributed by atoms with Crippen molar-refractivity contribution < 1.29 is 13.8 Å². The van der Waals surface area contributed by atoms with Crippen LogP contribution < -0.4 is 5.73 Å². The van der Waals surface area contributed by atoms with E-state index in [2.05, 4.69) is 10.3 Å². The van der Waals surface area contributed by atoms with Crippen molar-refractivity contribution in [2.45, 2.75) is 6.61 Å². The highest BCUT2D eigenvalue weighted by Gasteiger charge is 2.07. The van der Waals surface area contributed by atoms with Gasteiger partial charge in [-0.1, -0.05) is 34.0 Å². The topological polar surface area (TPSA) is 73.6 Å². The number of rotatable bonds is 5. The van der Waals surface area contributed by atoms with Gasteiger partial charge in [0.2, 0.25) is 0 Å². The number of hydrogen-bond donors (Lipinski definition) is 1. The van der Waals surface area contributed by atoms with Crippen molar-refractivity contribution in [3.8, 4) is 11.3 Å². The summed E-state index contributed by atoms with van der Waals surface area (Å²) < 4.78 is 18.0. The molecule has 1 aromatic heterocycles. The third-order valence-corrected chi connectivity index (χ3v) is 3.46. The average Bonchev–Trinajstić information content (AvgIpc) is 3.05. The van der Waals surface area contributed by atoms with E-state index in [1.807, 2.05) is 12.1 Å². The first kappa shape index (κ1) is 16.0. The summed E-state index contributed by atoms with van der Waals surface area (Å²) in [5, 5.41) is 8.39. The van der Waals surface area contributed by atoms with Crippen LogP contribution in [-0.4, -0.2) is 11.0 Å². The molecule has 0 atom stereocenters. The summed E-state index contributed by atoms with van der Waals surface area (Å²) in [6.45, 7) is 0.0719. The SMILES string of the molecule is N/C(=N/OCc1cc(-c2ccc(Cl)cc2)no1)c1ccc(F)cc1. The summed E-state index contributed by atoms with van der Waals surface area (Å²) in [6.07, 6.45) is 0. The van der Waals surface area contributed by atoms with Crippen LogP contribution in [-0.2, 0) is 11.4 Å². The number of nitrogens with two attached hydrogens (primary N) is 1. The molecule has 24 heavy (non-hydrogen) atoms. The molecule has 5 nitrogen and oxygen atoms in total. The summed E-state index contributed by atoms with van der Waals surface area (Å²) in [5.74, 6) is 0.298. The Labute approximate surface area is 142 Å². The zero-order chi connectivity index (χ0) is 16.9. The number of oxime groups is 1. The molecule has 7 heteroatoms. The molecule has 0 aliphatic heterocycles. The number of aromatic nitrogens is 1. The van der Waals surface area contributed by atoms with E-state index in [1.165, 1.54) is 24.3 Å². The van der Waals surface area contributed by atoms with E-state index < -0.39 is 0 Å². The fraction of sp³-hybridized carbons (Fsp3) is 0.0588. The van der Waals surface area contributed by atoms with E-state index in [0.717, 1.165) is 5.56 Å². The highest BCUT2D eigenvalue weighted by Crippen LogP contribution is 2.21. The summed E-state index contributed by atoms with van der Waals surface area (Å²) in [5.41, 5.74) is 7.87. The molecule has 0 radical (unpaired) electrons. The lowest BCUT2D eigenvalue weighted by molar-refractivity contribution is 0.109. The van der Waals surface area contributed by atoms with E-state index in [0.29, 0.717) is 22.0 Å². The summed E-state index contributed by atoms with van der Waals surface area (Å²) in [4.78, 5) is 5.15. The molecule has 3 rings (SSSR count). The fourth-order valence-electron chi connectivity index (χ4n) is 1.98. The predicted octanol–water partition coefficient (Wildman–Crippen LogP) is 3.97. The van der Waals surface area contributed by atoms with E-state index >= 15 is 0 Å². The van der Waals surface area contributed by atoms with Gasteiger partial charge < -0.3 is 15.1 Å². The maximum atomic E-state index is 12.8. The van der Waals surface area contributed by atoms with Crippen molar-refractivity contribution in [3.05, 3.63) is 76.8 Å². The smallest absolute Gasteiger partial charge is 0.177 e. The lowest BCUT2D eigenvalue weighted by Crippen LogP contribution is -2.13. The Bertz CT molecular complexity index is 845. The van der Waals surface area contributed by atoms with Crippen molar-refractivity contribution in [1.82, 2.24) is 5.16 Å². The molecule has 0 unspecified atom stereocenters. The lowest BCUT2D eigenvalue weighted by atomic mass is 10.1. The predicted molar refractivity (Wildman–Crippen MR) is 88.9 cm³/mol. The van der Waals surface area contributed by atoms with Crippen molar-refractivity contribution in [2.75, 3.05) is 0 Å². The monoisotopic (exact) mass is 345 g/mol. The number of nitrogens with zero attached hydrogens (tertiary/aromatic N) is 2. The average molecular weight is 346 g/mol. The molecule has 0 aliphatic carbocycles. The van der Waals surface area contributed by atoms with Gasteiger partial charge in [0.25, 0.3) is 0 Å². The Kier molecular flexibility index (Phi) is 4.77. The Morgan fingerprint density at radius 1 is 1.17 bits per heavy atom. The third-order valence-electron chi connectivity index (χ3n) is 3.21. The molecule has 0 amide bonds. The van der Waals surface area contributed by atoms with Crippen LogP contribution >= 0.6 is 11.6 Å².